The van der Waals surface area contributed by atoms with Crippen molar-refractivity contribution in [1.29, 1.82) is 0 Å². The molecule has 1 heterocycles. The van der Waals surface area contributed by atoms with Crippen LogP contribution in [0.4, 0.5) is 11.4 Å². The van der Waals surface area contributed by atoms with Crippen molar-refractivity contribution in [3.63, 3.8) is 0 Å². The molecule has 4 rings (SSSR count). The van der Waals surface area contributed by atoms with Crippen molar-refractivity contribution in [3.05, 3.63) is 88.5 Å². The molecular weight excluding hydrogens is 400 g/mol. The molecule has 31 heavy (non-hydrogen) atoms. The van der Waals surface area contributed by atoms with Gasteiger partial charge < -0.3 is 15.5 Å². The van der Waals surface area contributed by atoms with Crippen LogP contribution in [-0.2, 0) is 0 Å². The minimum atomic E-state index is -1.34. The molecule has 1 aliphatic heterocycles. The van der Waals surface area contributed by atoms with Crippen molar-refractivity contribution >= 4 is 35.1 Å². The third-order valence-electron chi connectivity index (χ3n) is 4.99. The number of benzene rings is 3. The van der Waals surface area contributed by atoms with Crippen LogP contribution in [-0.4, -0.2) is 33.9 Å². The second-order valence-electron chi connectivity index (χ2n) is 6.98. The number of carbonyl (C=O) groups is 4. The van der Waals surface area contributed by atoms with Crippen molar-refractivity contribution in [3.8, 4) is 5.75 Å². The summed E-state index contributed by atoms with van der Waals surface area (Å²) in [5.74, 6) is -3.26. The van der Waals surface area contributed by atoms with Gasteiger partial charge in [-0.05, 0) is 55.0 Å². The Labute approximate surface area is 176 Å². The first-order chi connectivity index (χ1) is 14.8. The Hall–Kier alpha value is -4.46. The summed E-state index contributed by atoms with van der Waals surface area (Å²) < 4.78 is 0. The van der Waals surface area contributed by atoms with Crippen LogP contribution in [0.25, 0.3) is 0 Å². The van der Waals surface area contributed by atoms with Gasteiger partial charge in [-0.15, -0.1) is 0 Å². The molecule has 0 saturated carbocycles. The lowest BCUT2D eigenvalue weighted by molar-refractivity contribution is 0.0692. The molecule has 0 unspecified atom stereocenters. The molecule has 0 atom stereocenters. The lowest BCUT2D eigenvalue weighted by atomic mass is 10.1. The molecule has 3 aromatic carbocycles. The van der Waals surface area contributed by atoms with E-state index in [-0.39, 0.29) is 22.5 Å². The number of amides is 3. The predicted octanol–water partition coefficient (Wildman–Crippen LogP) is 3.45. The zero-order chi connectivity index (χ0) is 22.3. The molecule has 3 amide bonds. The van der Waals surface area contributed by atoms with Gasteiger partial charge in [0.15, 0.2) is 0 Å². The normalized spacial score (nSPS) is 12.6. The van der Waals surface area contributed by atoms with Crippen LogP contribution in [0.15, 0.2) is 60.7 Å². The number of rotatable bonds is 4. The SMILES string of the molecule is Cc1ccc(C(=O)Nc2ccc(O)c(C(=O)O)c2)cc1N1C(=O)c2ccccc2C1=O. The quantitative estimate of drug-likeness (QED) is 0.442. The van der Waals surface area contributed by atoms with Crippen LogP contribution in [0.1, 0.15) is 47.0 Å². The number of hydrogen-bond donors (Lipinski definition) is 3. The summed E-state index contributed by atoms with van der Waals surface area (Å²) in [6, 6.07) is 14.7. The molecule has 0 fully saturated rings. The first kappa shape index (κ1) is 19.8. The standard InChI is InChI=1S/C23H16N2O6/c1-12-6-7-13(20(27)24-14-8-9-19(26)17(11-14)23(30)31)10-18(12)25-21(28)15-4-2-3-5-16(15)22(25)29/h2-11,26H,1H3,(H,24,27)(H,30,31). The molecule has 8 heteroatoms. The lowest BCUT2D eigenvalue weighted by Crippen LogP contribution is -2.30. The highest BCUT2D eigenvalue weighted by atomic mass is 16.4. The van der Waals surface area contributed by atoms with E-state index in [1.54, 1.807) is 37.3 Å². The first-order valence-corrected chi connectivity index (χ1v) is 9.24. The Morgan fingerprint density at radius 2 is 1.55 bits per heavy atom. The van der Waals surface area contributed by atoms with Crippen LogP contribution in [0.5, 0.6) is 5.75 Å². The predicted molar refractivity (Wildman–Crippen MR) is 112 cm³/mol. The second kappa shape index (κ2) is 7.42. The zero-order valence-corrected chi connectivity index (χ0v) is 16.2. The van der Waals surface area contributed by atoms with Gasteiger partial charge >= 0.3 is 5.97 Å². The van der Waals surface area contributed by atoms with Crippen LogP contribution in [0, 0.1) is 6.92 Å². The van der Waals surface area contributed by atoms with Gasteiger partial charge in [0, 0.05) is 11.3 Å². The van der Waals surface area contributed by atoms with E-state index in [1.165, 1.54) is 24.3 Å². The number of carboxylic acid groups (broad SMARTS) is 1. The van der Waals surface area contributed by atoms with Gasteiger partial charge in [0.1, 0.15) is 11.3 Å². The van der Waals surface area contributed by atoms with Gasteiger partial charge in [-0.1, -0.05) is 18.2 Å². The Balaban J connectivity index is 1.65. The third kappa shape index (κ3) is 3.40. The highest BCUT2D eigenvalue weighted by molar-refractivity contribution is 6.34. The molecular formula is C23H16N2O6. The number of carboxylic acids is 1. The average Bonchev–Trinajstić information content (AvgIpc) is 3.00. The summed E-state index contributed by atoms with van der Waals surface area (Å²) in [5.41, 5.74) is 1.50. The highest BCUT2D eigenvalue weighted by Gasteiger charge is 2.37. The second-order valence-corrected chi connectivity index (χ2v) is 6.98. The van der Waals surface area contributed by atoms with E-state index in [1.807, 2.05) is 0 Å². The van der Waals surface area contributed by atoms with Gasteiger partial charge in [0.05, 0.1) is 16.8 Å². The van der Waals surface area contributed by atoms with E-state index >= 15 is 0 Å². The van der Waals surface area contributed by atoms with Gasteiger partial charge in [-0.25, -0.2) is 9.69 Å². The van der Waals surface area contributed by atoms with Gasteiger partial charge in [0.2, 0.25) is 0 Å². The molecule has 3 aromatic rings. The maximum Gasteiger partial charge on any atom is 0.339 e. The third-order valence-corrected chi connectivity index (χ3v) is 4.99. The van der Waals surface area contributed by atoms with Crippen molar-refractivity contribution in [2.75, 3.05) is 10.2 Å². The summed E-state index contributed by atoms with van der Waals surface area (Å²) in [7, 11) is 0. The van der Waals surface area contributed by atoms with E-state index in [0.717, 1.165) is 11.0 Å². The van der Waals surface area contributed by atoms with E-state index in [4.69, 9.17) is 5.11 Å². The monoisotopic (exact) mass is 416 g/mol. The zero-order valence-electron chi connectivity index (χ0n) is 16.2. The number of imide groups is 1. The van der Waals surface area contributed by atoms with E-state index in [9.17, 15) is 24.3 Å². The van der Waals surface area contributed by atoms with E-state index < -0.39 is 29.4 Å². The Morgan fingerprint density at radius 1 is 0.903 bits per heavy atom. The van der Waals surface area contributed by atoms with Crippen LogP contribution < -0.4 is 10.2 Å². The number of nitrogens with zero attached hydrogens (tertiary/aromatic N) is 1. The Morgan fingerprint density at radius 3 is 2.16 bits per heavy atom. The smallest absolute Gasteiger partial charge is 0.339 e. The van der Waals surface area contributed by atoms with Crippen LogP contribution in [0.3, 0.4) is 0 Å². The van der Waals surface area contributed by atoms with Crippen molar-refractivity contribution in [1.82, 2.24) is 0 Å². The summed E-state index contributed by atoms with van der Waals surface area (Å²) in [5, 5.41) is 21.3. The van der Waals surface area contributed by atoms with Gasteiger partial charge in [-0.2, -0.15) is 0 Å². The van der Waals surface area contributed by atoms with Crippen LogP contribution in [0.2, 0.25) is 0 Å². The number of fused-ring (bicyclic) bond motifs is 1. The minimum absolute atomic E-state index is 0.169. The van der Waals surface area contributed by atoms with Crippen molar-refractivity contribution in [2.24, 2.45) is 0 Å². The number of aromatic carboxylic acids is 1. The van der Waals surface area contributed by atoms with Crippen LogP contribution >= 0.6 is 0 Å². The first-order valence-electron chi connectivity index (χ1n) is 9.24. The van der Waals surface area contributed by atoms with Crippen molar-refractivity contribution in [2.45, 2.75) is 6.92 Å². The maximum absolute atomic E-state index is 12.8. The number of nitrogens with one attached hydrogen (secondary N) is 1. The summed E-state index contributed by atoms with van der Waals surface area (Å²) in [6.45, 7) is 1.72. The summed E-state index contributed by atoms with van der Waals surface area (Å²) in [6.07, 6.45) is 0. The molecule has 0 aromatic heterocycles. The van der Waals surface area contributed by atoms with Gasteiger partial charge in [-0.3, -0.25) is 14.4 Å². The molecule has 0 spiro atoms. The molecule has 0 saturated heterocycles. The fraction of sp³-hybridized carbons (Fsp3) is 0.0435. The largest absolute Gasteiger partial charge is 0.507 e. The number of carbonyl (C=O) groups excluding carboxylic acids is 3. The summed E-state index contributed by atoms with van der Waals surface area (Å²) >= 11 is 0. The summed E-state index contributed by atoms with van der Waals surface area (Å²) in [4.78, 5) is 50.5. The van der Waals surface area contributed by atoms with E-state index in [2.05, 4.69) is 5.32 Å². The number of anilines is 2. The Bertz CT molecular complexity index is 1250. The number of aryl methyl sites for hydroxylation is 1. The number of aromatic hydroxyl groups is 1. The maximum atomic E-state index is 12.8. The minimum Gasteiger partial charge on any atom is -0.507 e. The molecule has 3 N–H and O–H groups in total. The van der Waals surface area contributed by atoms with Gasteiger partial charge in [0.25, 0.3) is 17.7 Å². The lowest BCUT2D eigenvalue weighted by Gasteiger charge is -2.18. The number of hydrogen-bond acceptors (Lipinski definition) is 5. The highest BCUT2D eigenvalue weighted by Crippen LogP contribution is 2.31. The molecule has 154 valence electrons. The molecule has 0 aliphatic carbocycles. The molecule has 1 aliphatic rings. The fourth-order valence-corrected chi connectivity index (χ4v) is 3.39. The van der Waals surface area contributed by atoms with Crippen molar-refractivity contribution < 1.29 is 29.4 Å². The molecule has 8 nitrogen and oxygen atoms in total. The Kier molecular flexibility index (Phi) is 4.75. The topological polar surface area (TPSA) is 124 Å². The molecule has 0 bridgehead atoms. The number of phenols is 1. The fourth-order valence-electron chi connectivity index (χ4n) is 3.39. The van der Waals surface area contributed by atoms with E-state index in [0.29, 0.717) is 16.7 Å². The average molecular weight is 416 g/mol. The molecule has 0 radical (unpaired) electrons.